The van der Waals surface area contributed by atoms with Crippen molar-refractivity contribution >= 4 is 22.3 Å². The number of benzene rings is 1. The first-order valence-corrected chi connectivity index (χ1v) is 8.26. The summed E-state index contributed by atoms with van der Waals surface area (Å²) in [6, 6.07) is 8.22. The van der Waals surface area contributed by atoms with E-state index in [0.717, 1.165) is 17.8 Å². The molecular weight excluding hydrogens is 334 g/mol. The number of carbonyl (C=O) groups excluding carboxylic acids is 1. The Hall–Kier alpha value is -2.61. The van der Waals surface area contributed by atoms with E-state index in [4.69, 9.17) is 14.2 Å². The molecule has 0 amide bonds. The molecule has 128 valence electrons. The highest BCUT2D eigenvalue weighted by Crippen LogP contribution is 2.36. The summed E-state index contributed by atoms with van der Waals surface area (Å²) in [5, 5.41) is 12.4. The van der Waals surface area contributed by atoms with Crippen molar-refractivity contribution in [2.24, 2.45) is 0 Å². The molecule has 1 aromatic carbocycles. The quantitative estimate of drug-likeness (QED) is 0.292. The summed E-state index contributed by atoms with van der Waals surface area (Å²) >= 11 is 1.01. The van der Waals surface area contributed by atoms with Crippen LogP contribution in [0.2, 0.25) is 0 Å². The van der Waals surface area contributed by atoms with Gasteiger partial charge in [-0.15, -0.1) is 0 Å². The monoisotopic (exact) mass is 351 g/mol. The molecule has 0 saturated carbocycles. The topological polar surface area (TPSA) is 87.9 Å². The second-order valence-electron chi connectivity index (χ2n) is 4.74. The van der Waals surface area contributed by atoms with Crippen LogP contribution < -0.4 is 9.47 Å². The Morgan fingerprint density at radius 2 is 1.88 bits per heavy atom. The van der Waals surface area contributed by atoms with E-state index in [0.29, 0.717) is 17.9 Å². The molecule has 0 bridgehead atoms. The molecule has 0 unspecified atom stereocenters. The maximum atomic E-state index is 11.2. The first-order chi connectivity index (χ1) is 11.6. The smallest absolute Gasteiger partial charge is 0.366 e. The fourth-order valence-corrected chi connectivity index (χ4v) is 2.45. The lowest BCUT2D eigenvalue weighted by atomic mass is 10.3. The number of thiophene rings is 1. The molecule has 2 aromatic rings. The molecule has 7 nitrogen and oxygen atoms in total. The highest BCUT2D eigenvalue weighted by Gasteiger charge is 2.17. The Kier molecular flexibility index (Phi) is 6.56. The summed E-state index contributed by atoms with van der Waals surface area (Å²) in [5.74, 6) is 1.04. The van der Waals surface area contributed by atoms with E-state index in [2.05, 4.69) is 0 Å². The lowest BCUT2D eigenvalue weighted by molar-refractivity contribution is -0.380. The SMILES string of the molecule is CCCC(=O)OCCOc1ccc(Oc2ccsc2[N+](=O)[O-])cc1. The van der Waals surface area contributed by atoms with Crippen molar-refractivity contribution in [1.82, 2.24) is 0 Å². The molecule has 1 aromatic heterocycles. The van der Waals surface area contributed by atoms with Gasteiger partial charge >= 0.3 is 11.0 Å². The lowest BCUT2D eigenvalue weighted by Gasteiger charge is -2.08. The van der Waals surface area contributed by atoms with Crippen LogP contribution in [0.4, 0.5) is 5.00 Å². The fraction of sp³-hybridized carbons (Fsp3) is 0.312. The summed E-state index contributed by atoms with van der Waals surface area (Å²) in [6.45, 7) is 2.36. The van der Waals surface area contributed by atoms with Crippen molar-refractivity contribution in [1.29, 1.82) is 0 Å². The normalized spacial score (nSPS) is 10.2. The van der Waals surface area contributed by atoms with E-state index in [-0.39, 0.29) is 29.9 Å². The van der Waals surface area contributed by atoms with E-state index in [1.54, 1.807) is 35.7 Å². The van der Waals surface area contributed by atoms with E-state index in [9.17, 15) is 14.9 Å². The first kappa shape index (κ1) is 17.7. The molecule has 0 radical (unpaired) electrons. The van der Waals surface area contributed by atoms with E-state index in [1.165, 1.54) is 0 Å². The van der Waals surface area contributed by atoms with Crippen LogP contribution in [0.5, 0.6) is 17.2 Å². The molecule has 0 atom stereocenters. The predicted octanol–water partition coefficient (Wildman–Crippen LogP) is 4.17. The summed E-state index contributed by atoms with van der Waals surface area (Å²) in [7, 11) is 0. The van der Waals surface area contributed by atoms with E-state index < -0.39 is 4.92 Å². The molecule has 0 fully saturated rings. The number of carbonyl (C=O) groups is 1. The van der Waals surface area contributed by atoms with Crippen LogP contribution in [-0.4, -0.2) is 24.1 Å². The highest BCUT2D eigenvalue weighted by atomic mass is 32.1. The molecule has 2 rings (SSSR count). The average molecular weight is 351 g/mol. The average Bonchev–Trinajstić information content (AvgIpc) is 3.02. The van der Waals surface area contributed by atoms with Crippen LogP contribution in [0, 0.1) is 10.1 Å². The number of nitro groups is 1. The zero-order chi connectivity index (χ0) is 17.4. The van der Waals surface area contributed by atoms with Gasteiger partial charge in [-0.05, 0) is 36.8 Å². The number of esters is 1. The second-order valence-corrected chi connectivity index (χ2v) is 5.63. The summed E-state index contributed by atoms with van der Waals surface area (Å²) in [6.07, 6.45) is 1.16. The first-order valence-electron chi connectivity index (χ1n) is 7.38. The highest BCUT2D eigenvalue weighted by molar-refractivity contribution is 7.13. The van der Waals surface area contributed by atoms with Crippen LogP contribution in [0.3, 0.4) is 0 Å². The fourth-order valence-electron chi connectivity index (χ4n) is 1.82. The van der Waals surface area contributed by atoms with Gasteiger partial charge in [0.05, 0.1) is 4.92 Å². The van der Waals surface area contributed by atoms with Crippen molar-refractivity contribution in [3.63, 3.8) is 0 Å². The van der Waals surface area contributed by atoms with Crippen LogP contribution in [0.15, 0.2) is 35.7 Å². The number of rotatable bonds is 9. The third-order valence-electron chi connectivity index (χ3n) is 2.90. The van der Waals surface area contributed by atoms with Gasteiger partial charge in [-0.2, -0.15) is 0 Å². The van der Waals surface area contributed by atoms with Gasteiger partial charge in [-0.25, -0.2) is 0 Å². The molecule has 8 heteroatoms. The second kappa shape index (κ2) is 8.88. The molecule has 0 spiro atoms. The van der Waals surface area contributed by atoms with Crippen molar-refractivity contribution in [2.45, 2.75) is 19.8 Å². The minimum atomic E-state index is -0.475. The van der Waals surface area contributed by atoms with Crippen molar-refractivity contribution < 1.29 is 23.9 Å². The van der Waals surface area contributed by atoms with Crippen molar-refractivity contribution in [2.75, 3.05) is 13.2 Å². The number of nitrogens with zero attached hydrogens (tertiary/aromatic N) is 1. The van der Waals surface area contributed by atoms with E-state index >= 15 is 0 Å². The molecule has 0 N–H and O–H groups in total. The van der Waals surface area contributed by atoms with Gasteiger partial charge in [-0.3, -0.25) is 14.9 Å². The Bertz CT molecular complexity index is 682. The standard InChI is InChI=1S/C16H17NO6S/c1-2-3-15(18)22-10-9-21-12-4-6-13(7-5-12)23-14-8-11-24-16(14)17(19)20/h4-8,11H,2-3,9-10H2,1H3. The minimum absolute atomic E-state index is 0.0378. The Labute approximate surface area is 142 Å². The number of hydrogen-bond acceptors (Lipinski definition) is 7. The Morgan fingerprint density at radius 3 is 2.54 bits per heavy atom. The molecule has 1 heterocycles. The van der Waals surface area contributed by atoms with Crippen molar-refractivity contribution in [3.8, 4) is 17.2 Å². The van der Waals surface area contributed by atoms with Gasteiger partial charge in [0.1, 0.15) is 24.7 Å². The molecule has 0 aliphatic heterocycles. The third kappa shape index (κ3) is 5.24. The van der Waals surface area contributed by atoms with Gasteiger partial charge in [0.2, 0.25) is 5.75 Å². The molecule has 0 saturated heterocycles. The van der Waals surface area contributed by atoms with Gasteiger partial charge < -0.3 is 14.2 Å². The summed E-state index contributed by atoms with van der Waals surface area (Å²) in [5.41, 5.74) is 0. The molecule has 0 aliphatic carbocycles. The van der Waals surface area contributed by atoms with Crippen LogP contribution in [-0.2, 0) is 9.53 Å². The summed E-state index contributed by atoms with van der Waals surface area (Å²) < 4.78 is 15.9. The lowest BCUT2D eigenvalue weighted by Crippen LogP contribution is -2.11. The van der Waals surface area contributed by atoms with Crippen LogP contribution >= 0.6 is 11.3 Å². The van der Waals surface area contributed by atoms with Gasteiger partial charge in [0.25, 0.3) is 0 Å². The molecular formula is C16H17NO6S. The molecule has 24 heavy (non-hydrogen) atoms. The van der Waals surface area contributed by atoms with Gasteiger partial charge in [0.15, 0.2) is 0 Å². The third-order valence-corrected chi connectivity index (χ3v) is 3.74. The largest absolute Gasteiger partial charge is 0.490 e. The maximum absolute atomic E-state index is 11.2. The van der Waals surface area contributed by atoms with Crippen LogP contribution in [0.1, 0.15) is 19.8 Å². The minimum Gasteiger partial charge on any atom is -0.490 e. The van der Waals surface area contributed by atoms with E-state index in [1.807, 2.05) is 6.92 Å². The van der Waals surface area contributed by atoms with Gasteiger partial charge in [0, 0.05) is 11.8 Å². The number of ether oxygens (including phenoxy) is 3. The zero-order valence-electron chi connectivity index (χ0n) is 13.1. The maximum Gasteiger partial charge on any atom is 0.366 e. The Morgan fingerprint density at radius 1 is 1.17 bits per heavy atom. The number of hydrogen-bond donors (Lipinski definition) is 0. The van der Waals surface area contributed by atoms with Crippen molar-refractivity contribution in [3.05, 3.63) is 45.8 Å². The summed E-state index contributed by atoms with van der Waals surface area (Å²) in [4.78, 5) is 21.6. The Balaban J connectivity index is 1.81. The zero-order valence-corrected chi connectivity index (χ0v) is 13.9. The van der Waals surface area contributed by atoms with Crippen LogP contribution in [0.25, 0.3) is 0 Å². The molecule has 0 aliphatic rings. The predicted molar refractivity (Wildman–Crippen MR) is 88.9 cm³/mol. The van der Waals surface area contributed by atoms with Gasteiger partial charge in [-0.1, -0.05) is 18.3 Å².